The summed E-state index contributed by atoms with van der Waals surface area (Å²) in [4.78, 5) is 12.8. The minimum Gasteiger partial charge on any atom is -0.494 e. The van der Waals surface area contributed by atoms with E-state index in [-0.39, 0.29) is 5.88 Å². The van der Waals surface area contributed by atoms with Crippen LogP contribution in [0.15, 0.2) is 78.2 Å². The summed E-state index contributed by atoms with van der Waals surface area (Å²) in [5.74, 6) is 1.35. The Bertz CT molecular complexity index is 1360. The molecular weight excluding hydrogens is 504 g/mol. The molecule has 7 nitrogen and oxygen atoms in total. The zero-order valence-electron chi connectivity index (χ0n) is 23.2. The van der Waals surface area contributed by atoms with Crippen LogP contribution in [0.2, 0.25) is 0 Å². The normalized spacial score (nSPS) is 14.1. The molecule has 3 aromatic rings. The van der Waals surface area contributed by atoms with Crippen LogP contribution in [0, 0.1) is 11.3 Å². The number of esters is 1. The minimum absolute atomic E-state index is 0.0258. The molecule has 0 fully saturated rings. The number of nitrogens with two attached hydrogens (primary N) is 1. The Morgan fingerprint density at radius 2 is 1.43 bits per heavy atom. The number of allylic oxidation sites excluding steroid dienone is 1. The highest BCUT2D eigenvalue weighted by Crippen LogP contribution is 2.43. The van der Waals surface area contributed by atoms with Gasteiger partial charge in [-0.3, -0.25) is 0 Å². The highest BCUT2D eigenvalue weighted by atomic mass is 16.5. The first kappa shape index (κ1) is 28.6. The first-order valence-electron chi connectivity index (χ1n) is 13.9. The SMILES string of the molecule is CCCCCOc1ccc(C(=O)Oc2ccc3c(c2)OC(N)=C(C#N)C3c2ccc(OCCCCC)cc2)cc1. The Morgan fingerprint density at radius 1 is 0.850 bits per heavy atom. The number of ether oxygens (including phenoxy) is 4. The maximum atomic E-state index is 12.8. The van der Waals surface area contributed by atoms with Crippen LogP contribution >= 0.6 is 0 Å². The first-order chi connectivity index (χ1) is 19.5. The third-order valence-electron chi connectivity index (χ3n) is 6.74. The summed E-state index contributed by atoms with van der Waals surface area (Å²) in [5, 5.41) is 9.86. The van der Waals surface area contributed by atoms with Gasteiger partial charge in [-0.2, -0.15) is 5.26 Å². The minimum atomic E-state index is -0.499. The van der Waals surface area contributed by atoms with E-state index in [1.807, 2.05) is 24.3 Å². The highest BCUT2D eigenvalue weighted by molar-refractivity contribution is 5.91. The molecular formula is C33H36N2O5. The van der Waals surface area contributed by atoms with Crippen molar-refractivity contribution in [3.63, 3.8) is 0 Å². The van der Waals surface area contributed by atoms with Crippen molar-refractivity contribution in [3.8, 4) is 29.1 Å². The van der Waals surface area contributed by atoms with E-state index in [4.69, 9.17) is 24.7 Å². The number of carbonyl (C=O) groups is 1. The summed E-state index contributed by atoms with van der Waals surface area (Å²) < 4.78 is 23.0. The van der Waals surface area contributed by atoms with E-state index in [1.54, 1.807) is 42.5 Å². The number of nitrogens with zero attached hydrogens (tertiary/aromatic N) is 1. The van der Waals surface area contributed by atoms with Gasteiger partial charge in [0.05, 0.1) is 24.7 Å². The Kier molecular flexibility index (Phi) is 10.1. The van der Waals surface area contributed by atoms with E-state index in [9.17, 15) is 10.1 Å². The van der Waals surface area contributed by atoms with Gasteiger partial charge in [-0.1, -0.05) is 57.7 Å². The standard InChI is InChI=1S/C33H36N2O5/c1-3-5-7-19-37-25-13-9-23(10-14-25)31-28-18-17-27(21-30(28)40-32(35)29(31)22-34)39-33(36)24-11-15-26(16-12-24)38-20-8-6-4-2/h9-18,21,31H,3-8,19-20,35H2,1-2H3. The first-order valence-corrected chi connectivity index (χ1v) is 13.9. The van der Waals surface area contributed by atoms with Crippen molar-refractivity contribution in [1.82, 2.24) is 0 Å². The molecule has 1 aliphatic rings. The summed E-state index contributed by atoms with van der Waals surface area (Å²) in [6.45, 7) is 5.62. The maximum Gasteiger partial charge on any atom is 0.343 e. The van der Waals surface area contributed by atoms with Crippen LogP contribution in [0.1, 0.15) is 79.8 Å². The summed E-state index contributed by atoms with van der Waals surface area (Å²) in [6, 6.07) is 21.9. The molecule has 0 radical (unpaired) electrons. The number of rotatable bonds is 13. The Morgan fingerprint density at radius 3 is 2.00 bits per heavy atom. The second-order valence-electron chi connectivity index (χ2n) is 9.72. The average Bonchev–Trinajstić information content (AvgIpc) is 2.97. The quantitative estimate of drug-likeness (QED) is 0.138. The largest absolute Gasteiger partial charge is 0.494 e. The molecule has 4 rings (SSSR count). The van der Waals surface area contributed by atoms with Gasteiger partial charge in [-0.25, -0.2) is 4.79 Å². The zero-order valence-corrected chi connectivity index (χ0v) is 23.2. The van der Waals surface area contributed by atoms with Gasteiger partial charge in [0.15, 0.2) is 0 Å². The third kappa shape index (κ3) is 7.15. The van der Waals surface area contributed by atoms with Gasteiger partial charge in [0, 0.05) is 11.6 Å². The molecule has 0 saturated heterocycles. The number of fused-ring (bicyclic) bond motifs is 1. The molecule has 0 spiro atoms. The number of unbranched alkanes of at least 4 members (excludes halogenated alkanes) is 4. The van der Waals surface area contributed by atoms with Crippen LogP contribution in [-0.2, 0) is 0 Å². The van der Waals surface area contributed by atoms with Crippen LogP contribution < -0.4 is 24.7 Å². The topological polar surface area (TPSA) is 104 Å². The van der Waals surface area contributed by atoms with Crippen molar-refractivity contribution in [3.05, 3.63) is 94.9 Å². The van der Waals surface area contributed by atoms with Gasteiger partial charge in [0.25, 0.3) is 0 Å². The van der Waals surface area contributed by atoms with Crippen LogP contribution in [0.5, 0.6) is 23.0 Å². The Hall–Kier alpha value is -4.44. The molecule has 0 aromatic heterocycles. The highest BCUT2D eigenvalue weighted by Gasteiger charge is 2.31. The summed E-state index contributed by atoms with van der Waals surface area (Å²) in [7, 11) is 0. The lowest BCUT2D eigenvalue weighted by Crippen LogP contribution is -2.21. The molecule has 208 valence electrons. The molecule has 0 bridgehead atoms. The van der Waals surface area contributed by atoms with Gasteiger partial charge >= 0.3 is 5.97 Å². The summed E-state index contributed by atoms with van der Waals surface area (Å²) >= 11 is 0. The summed E-state index contributed by atoms with van der Waals surface area (Å²) in [5.41, 5.74) is 8.52. The van der Waals surface area contributed by atoms with Gasteiger partial charge in [-0.05, 0) is 60.9 Å². The molecule has 1 aliphatic heterocycles. The number of hydrogen-bond donors (Lipinski definition) is 1. The van der Waals surface area contributed by atoms with Crippen molar-refractivity contribution in [2.75, 3.05) is 13.2 Å². The lowest BCUT2D eigenvalue weighted by atomic mass is 9.83. The van der Waals surface area contributed by atoms with E-state index >= 15 is 0 Å². The summed E-state index contributed by atoms with van der Waals surface area (Å²) in [6.07, 6.45) is 6.52. The second-order valence-corrected chi connectivity index (χ2v) is 9.72. The molecule has 0 aliphatic carbocycles. The number of benzene rings is 3. The third-order valence-corrected chi connectivity index (χ3v) is 6.74. The average molecular weight is 541 g/mol. The molecule has 2 N–H and O–H groups in total. The predicted octanol–water partition coefficient (Wildman–Crippen LogP) is 7.26. The van der Waals surface area contributed by atoms with E-state index < -0.39 is 11.9 Å². The monoisotopic (exact) mass is 540 g/mol. The van der Waals surface area contributed by atoms with E-state index in [0.29, 0.717) is 41.6 Å². The van der Waals surface area contributed by atoms with Crippen LogP contribution in [0.25, 0.3) is 0 Å². The molecule has 1 atom stereocenters. The van der Waals surface area contributed by atoms with Crippen LogP contribution in [0.4, 0.5) is 0 Å². The van der Waals surface area contributed by atoms with Crippen molar-refractivity contribution in [2.24, 2.45) is 5.73 Å². The molecule has 40 heavy (non-hydrogen) atoms. The smallest absolute Gasteiger partial charge is 0.343 e. The number of carbonyl (C=O) groups excluding carboxylic acids is 1. The van der Waals surface area contributed by atoms with Gasteiger partial charge in [0.2, 0.25) is 5.88 Å². The molecule has 1 unspecified atom stereocenters. The number of hydrogen-bond acceptors (Lipinski definition) is 7. The van der Waals surface area contributed by atoms with Crippen molar-refractivity contribution in [1.29, 1.82) is 5.26 Å². The molecule has 1 heterocycles. The molecule has 0 amide bonds. The number of nitriles is 1. The zero-order chi connectivity index (χ0) is 28.3. The lowest BCUT2D eigenvalue weighted by Gasteiger charge is -2.26. The van der Waals surface area contributed by atoms with E-state index in [2.05, 4.69) is 19.9 Å². The van der Waals surface area contributed by atoms with Crippen molar-refractivity contribution < 1.29 is 23.7 Å². The molecule has 7 heteroatoms. The van der Waals surface area contributed by atoms with Gasteiger partial charge < -0.3 is 24.7 Å². The fraction of sp³-hybridized carbons (Fsp3) is 0.333. The fourth-order valence-corrected chi connectivity index (χ4v) is 4.54. The Balaban J connectivity index is 1.47. The fourth-order valence-electron chi connectivity index (χ4n) is 4.54. The maximum absolute atomic E-state index is 12.8. The predicted molar refractivity (Wildman–Crippen MR) is 154 cm³/mol. The second kappa shape index (κ2) is 14.1. The Labute approximate surface area is 236 Å². The molecule has 0 saturated carbocycles. The van der Waals surface area contributed by atoms with Crippen molar-refractivity contribution >= 4 is 5.97 Å². The van der Waals surface area contributed by atoms with Crippen molar-refractivity contribution in [2.45, 2.75) is 58.3 Å². The van der Waals surface area contributed by atoms with Gasteiger partial charge in [-0.15, -0.1) is 0 Å². The lowest BCUT2D eigenvalue weighted by molar-refractivity contribution is 0.0734. The van der Waals surface area contributed by atoms with E-state index in [0.717, 1.165) is 55.4 Å². The molecule has 3 aromatic carbocycles. The van der Waals surface area contributed by atoms with Crippen LogP contribution in [0.3, 0.4) is 0 Å². The van der Waals surface area contributed by atoms with Gasteiger partial charge in [0.1, 0.15) is 34.6 Å². The van der Waals surface area contributed by atoms with Crippen LogP contribution in [-0.4, -0.2) is 19.2 Å². The van der Waals surface area contributed by atoms with E-state index in [1.165, 1.54) is 0 Å².